The van der Waals surface area contributed by atoms with Crippen molar-refractivity contribution < 1.29 is 48.6 Å². The maximum atomic E-state index is 12.4. The zero-order chi connectivity index (χ0) is 36.6. The van der Waals surface area contributed by atoms with Crippen LogP contribution in [0.1, 0.15) is 91.9 Å². The maximum absolute atomic E-state index is 12.4. The Morgan fingerprint density at radius 1 is 0.611 bits per heavy atom. The lowest BCUT2D eigenvalue weighted by molar-refractivity contribution is -0.944. The highest BCUT2D eigenvalue weighted by atomic mass is 16.3. The number of aliphatic hydroxyl groups excluding tert-OH is 2. The van der Waals surface area contributed by atoms with Gasteiger partial charge < -0.3 is 29.4 Å². The molecule has 0 radical (unpaired) electrons. The third kappa shape index (κ3) is 5.26. The number of fused-ring (bicyclic) bond motifs is 2. The SMILES string of the molecule is C.C.C[N+]1(CC2CC2)CC[C@]23CC(=O)CC[C@@]2(O)[C@H]1C=C1C=CC(=O)C(O)=C13.C[N+]1(CC2CC2)CC[C@]23CC(=O)CC[C@@]2(O)[C@H]1C=C1C=CC(=O)C(O)=C13. The molecule has 2 aliphatic heterocycles. The number of aliphatic hydroxyl groups is 4. The number of ketones is 4. The molecule has 8 atom stereocenters. The lowest BCUT2D eigenvalue weighted by atomic mass is 9.48. The Morgan fingerprint density at radius 2 is 0.981 bits per heavy atom. The van der Waals surface area contributed by atoms with Crippen molar-refractivity contribution in [2.45, 2.75) is 115 Å². The molecule has 4 bridgehead atoms. The standard InChI is InChI=1S/2C21H25NO4.2CH4/c2*1-22(12-13-2-3-13)9-8-20-11-15(23)6-7-21(20,26)17(22)10-14-4-5-16(24)19(25)18(14)20;;/h2*4-5,10,13,17,26H,2-3,6-9,11-12H2,1H3;2*1H4/p+2/t2*17-,20-,21-,22?;;/m11../s1. The average Bonchev–Trinajstić information content (AvgIpc) is 4.04. The highest BCUT2D eigenvalue weighted by Gasteiger charge is 2.72. The zero-order valence-corrected chi connectivity index (χ0v) is 30.4. The number of allylic oxidation sites excluding steroid dienone is 6. The van der Waals surface area contributed by atoms with Crippen molar-refractivity contribution in [1.82, 2.24) is 0 Å². The van der Waals surface area contributed by atoms with Crippen LogP contribution in [0.5, 0.6) is 0 Å². The largest absolute Gasteiger partial charge is 0.504 e. The van der Waals surface area contributed by atoms with E-state index in [9.17, 15) is 39.6 Å². The molecule has 4 N–H and O–H groups in total. The molecule has 10 nitrogen and oxygen atoms in total. The molecule has 0 aromatic heterocycles. The Balaban J connectivity index is 0.000000161. The number of carbonyl (C=O) groups is 4. The molecule has 0 amide bonds. The third-order valence-corrected chi connectivity index (χ3v) is 15.4. The van der Waals surface area contributed by atoms with Gasteiger partial charge >= 0.3 is 0 Å². The second-order valence-corrected chi connectivity index (χ2v) is 18.6. The molecule has 10 rings (SSSR count). The molecular weight excluding hydrogens is 684 g/mol. The van der Waals surface area contributed by atoms with E-state index in [1.54, 1.807) is 12.2 Å². The van der Waals surface area contributed by atoms with Gasteiger partial charge in [0.1, 0.15) is 34.9 Å². The Labute approximate surface area is 319 Å². The van der Waals surface area contributed by atoms with Gasteiger partial charge in [-0.15, -0.1) is 0 Å². The van der Waals surface area contributed by atoms with E-state index in [1.807, 2.05) is 0 Å². The smallest absolute Gasteiger partial charge is 0.220 e. The van der Waals surface area contributed by atoms with Crippen LogP contribution >= 0.6 is 0 Å². The summed E-state index contributed by atoms with van der Waals surface area (Å²) in [6.07, 6.45) is 18.8. The minimum Gasteiger partial charge on any atom is -0.504 e. The van der Waals surface area contributed by atoms with E-state index in [2.05, 4.69) is 26.2 Å². The zero-order valence-electron chi connectivity index (χ0n) is 30.4. The first-order chi connectivity index (χ1) is 24.6. The molecule has 2 unspecified atom stereocenters. The predicted octanol–water partition coefficient (Wildman–Crippen LogP) is 5.23. The number of likely N-dealkylation sites (N-methyl/N-ethyl adjacent to an activating group) is 2. The highest BCUT2D eigenvalue weighted by molar-refractivity contribution is 6.06. The first kappa shape index (κ1) is 38.8. The number of rotatable bonds is 4. The van der Waals surface area contributed by atoms with Gasteiger partial charge in [-0.2, -0.15) is 0 Å². The van der Waals surface area contributed by atoms with Gasteiger partial charge in [0.2, 0.25) is 11.6 Å². The van der Waals surface area contributed by atoms with Crippen molar-refractivity contribution in [2.75, 3.05) is 40.3 Å². The number of carbonyl (C=O) groups excluding carboxylic acids is 4. The van der Waals surface area contributed by atoms with Crippen molar-refractivity contribution in [1.29, 1.82) is 0 Å². The summed E-state index contributed by atoms with van der Waals surface area (Å²) in [5.41, 5.74) is -1.13. The topological polar surface area (TPSA) is 149 Å². The Kier molecular flexibility index (Phi) is 9.01. The highest BCUT2D eigenvalue weighted by Crippen LogP contribution is 2.64. The molecular formula is C44H60N2O8+2. The summed E-state index contributed by atoms with van der Waals surface area (Å²) < 4.78 is 1.58. The van der Waals surface area contributed by atoms with Crippen LogP contribution < -0.4 is 0 Å². The van der Waals surface area contributed by atoms with E-state index in [-0.39, 0.29) is 62.9 Å². The van der Waals surface area contributed by atoms with Crippen molar-refractivity contribution in [3.8, 4) is 0 Å². The molecule has 54 heavy (non-hydrogen) atoms. The summed E-state index contributed by atoms with van der Waals surface area (Å²) in [5, 5.41) is 45.2. The van der Waals surface area contributed by atoms with Gasteiger partial charge in [-0.25, -0.2) is 0 Å². The van der Waals surface area contributed by atoms with Gasteiger partial charge in [0.15, 0.2) is 11.5 Å². The van der Waals surface area contributed by atoms with Crippen LogP contribution in [0, 0.1) is 22.7 Å². The first-order valence-electron chi connectivity index (χ1n) is 19.5. The van der Waals surface area contributed by atoms with Crippen LogP contribution in [-0.4, -0.2) is 116 Å². The maximum Gasteiger partial charge on any atom is 0.220 e. The van der Waals surface area contributed by atoms with Gasteiger partial charge in [-0.1, -0.05) is 27.0 Å². The molecule has 0 aromatic carbocycles. The quantitative estimate of drug-likeness (QED) is 0.287. The number of nitrogens with zero attached hydrogens (tertiary/aromatic N) is 2. The van der Waals surface area contributed by atoms with Crippen molar-refractivity contribution in [3.63, 3.8) is 0 Å². The average molecular weight is 745 g/mol. The van der Waals surface area contributed by atoms with Gasteiger partial charge in [0.25, 0.3) is 0 Å². The molecule has 8 aliphatic carbocycles. The summed E-state index contributed by atoms with van der Waals surface area (Å²) >= 11 is 0. The van der Waals surface area contributed by atoms with Crippen LogP contribution in [0.4, 0.5) is 0 Å². The van der Waals surface area contributed by atoms with Crippen molar-refractivity contribution >= 4 is 23.1 Å². The fourth-order valence-electron chi connectivity index (χ4n) is 12.5. The monoisotopic (exact) mass is 744 g/mol. The summed E-state index contributed by atoms with van der Waals surface area (Å²) in [4.78, 5) is 49.2. The van der Waals surface area contributed by atoms with Gasteiger partial charge in [-0.3, -0.25) is 19.2 Å². The van der Waals surface area contributed by atoms with E-state index in [4.69, 9.17) is 0 Å². The van der Waals surface area contributed by atoms with E-state index >= 15 is 0 Å². The number of Topliss-reactive ketones (excluding diaryl/α,β-unsaturated/α-hetero) is 2. The molecule has 292 valence electrons. The summed E-state index contributed by atoms with van der Waals surface area (Å²) in [6, 6.07) is -0.205. The fraction of sp³-hybridized carbons (Fsp3) is 0.636. The van der Waals surface area contributed by atoms with E-state index in [0.29, 0.717) is 49.7 Å². The van der Waals surface area contributed by atoms with Crippen molar-refractivity contribution in [2.24, 2.45) is 22.7 Å². The number of hydrogen-bond acceptors (Lipinski definition) is 8. The fourth-order valence-corrected chi connectivity index (χ4v) is 12.5. The molecule has 0 aromatic rings. The Hall–Kier alpha value is -3.44. The molecule has 10 aliphatic rings. The first-order valence-corrected chi connectivity index (χ1v) is 19.5. The second-order valence-electron chi connectivity index (χ2n) is 18.6. The number of piperidine rings is 2. The van der Waals surface area contributed by atoms with Crippen LogP contribution in [0.3, 0.4) is 0 Å². The lowest BCUT2D eigenvalue weighted by Gasteiger charge is -2.64. The van der Waals surface area contributed by atoms with Gasteiger partial charge in [0, 0.05) is 72.3 Å². The molecule has 6 fully saturated rings. The van der Waals surface area contributed by atoms with Crippen LogP contribution in [0.25, 0.3) is 0 Å². The Morgan fingerprint density at radius 3 is 1.33 bits per heavy atom. The van der Waals surface area contributed by atoms with E-state index < -0.39 is 33.6 Å². The second kappa shape index (κ2) is 12.5. The number of hydrogen-bond donors (Lipinski definition) is 4. The van der Waals surface area contributed by atoms with Crippen LogP contribution in [-0.2, 0) is 19.2 Å². The van der Waals surface area contributed by atoms with E-state index in [0.717, 1.165) is 58.1 Å². The lowest BCUT2D eigenvalue weighted by Crippen LogP contribution is -2.76. The molecule has 2 saturated heterocycles. The summed E-state index contributed by atoms with van der Waals surface area (Å²) in [7, 11) is 4.45. The third-order valence-electron chi connectivity index (χ3n) is 15.4. The molecule has 10 heteroatoms. The molecule has 0 spiro atoms. The molecule has 4 saturated carbocycles. The van der Waals surface area contributed by atoms with Crippen molar-refractivity contribution in [3.05, 3.63) is 70.3 Å². The van der Waals surface area contributed by atoms with Gasteiger partial charge in [-0.05, 0) is 74.0 Å². The number of quaternary nitrogens is 2. The minimum atomic E-state index is -1.08. The summed E-state index contributed by atoms with van der Waals surface area (Å²) in [5.74, 6) is 0.303. The number of likely N-dealkylation sites (tertiary alicyclic amines) is 2. The van der Waals surface area contributed by atoms with Gasteiger partial charge in [0.05, 0.1) is 40.3 Å². The summed E-state index contributed by atoms with van der Waals surface area (Å²) in [6.45, 7) is 3.81. The Bertz CT molecular complexity index is 1780. The minimum absolute atomic E-state index is 0. The van der Waals surface area contributed by atoms with E-state index in [1.165, 1.54) is 37.8 Å². The van der Waals surface area contributed by atoms with Crippen LogP contribution in [0.2, 0.25) is 0 Å². The molecule has 2 heterocycles. The normalized spacial score (nSPS) is 42.9. The van der Waals surface area contributed by atoms with Crippen LogP contribution in [0.15, 0.2) is 70.3 Å². The predicted molar refractivity (Wildman–Crippen MR) is 204 cm³/mol.